The largest absolute Gasteiger partial charge is 0.453 e. The standard InChI is InChI=1S/C9H14O4S2/c1-3-14(10)5-8-9(13-7-12-8)6-15(11)4-2/h5-6H,3-4,7H2,1-2H3. The molecule has 0 aliphatic carbocycles. The highest BCUT2D eigenvalue weighted by molar-refractivity contribution is 7.88. The van der Waals surface area contributed by atoms with Gasteiger partial charge in [-0.25, -0.2) is 0 Å². The molecule has 1 aliphatic rings. The lowest BCUT2D eigenvalue weighted by Gasteiger charge is -1.96. The highest BCUT2D eigenvalue weighted by atomic mass is 32.2. The molecule has 0 N–H and O–H groups in total. The molecule has 0 spiro atoms. The minimum atomic E-state index is -1.06. The first-order chi connectivity index (χ1) is 7.17. The summed E-state index contributed by atoms with van der Waals surface area (Å²) in [5.74, 6) is 1.91. The van der Waals surface area contributed by atoms with Crippen LogP contribution in [0.25, 0.3) is 0 Å². The van der Waals surface area contributed by atoms with E-state index in [2.05, 4.69) is 0 Å². The predicted octanol–water partition coefficient (Wildman–Crippen LogP) is 1.21. The highest BCUT2D eigenvalue weighted by Gasteiger charge is 2.18. The zero-order chi connectivity index (χ0) is 11.3. The third-order valence-electron chi connectivity index (χ3n) is 1.72. The summed E-state index contributed by atoms with van der Waals surface area (Å²) >= 11 is 0. The topological polar surface area (TPSA) is 52.6 Å². The molecule has 4 nitrogen and oxygen atoms in total. The molecule has 0 amide bonds. The van der Waals surface area contributed by atoms with Gasteiger partial charge in [0.25, 0.3) is 0 Å². The minimum absolute atomic E-state index is 0.0967. The maximum atomic E-state index is 11.3. The van der Waals surface area contributed by atoms with Crippen LogP contribution in [0.4, 0.5) is 0 Å². The summed E-state index contributed by atoms with van der Waals surface area (Å²) in [6, 6.07) is 0. The number of hydrogen-bond donors (Lipinski definition) is 0. The summed E-state index contributed by atoms with van der Waals surface area (Å²) < 4.78 is 32.8. The van der Waals surface area contributed by atoms with Gasteiger partial charge in [0.05, 0.1) is 0 Å². The van der Waals surface area contributed by atoms with Gasteiger partial charge in [0.2, 0.25) is 6.79 Å². The Morgan fingerprint density at radius 3 is 1.80 bits per heavy atom. The van der Waals surface area contributed by atoms with Crippen molar-refractivity contribution in [3.05, 3.63) is 22.3 Å². The second-order valence-corrected chi connectivity index (χ2v) is 5.86. The minimum Gasteiger partial charge on any atom is -0.453 e. The molecule has 1 aliphatic heterocycles. The van der Waals surface area contributed by atoms with Crippen molar-refractivity contribution >= 4 is 21.6 Å². The summed E-state index contributed by atoms with van der Waals surface area (Å²) in [6.45, 7) is 3.73. The van der Waals surface area contributed by atoms with Crippen molar-refractivity contribution in [3.8, 4) is 0 Å². The van der Waals surface area contributed by atoms with Crippen LogP contribution < -0.4 is 0 Å². The van der Waals surface area contributed by atoms with Crippen molar-refractivity contribution in [1.29, 1.82) is 0 Å². The number of ether oxygens (including phenoxy) is 2. The van der Waals surface area contributed by atoms with Crippen LogP contribution in [0.1, 0.15) is 13.8 Å². The highest BCUT2D eigenvalue weighted by Crippen LogP contribution is 2.21. The van der Waals surface area contributed by atoms with Crippen molar-refractivity contribution in [2.45, 2.75) is 13.8 Å². The molecule has 2 unspecified atom stereocenters. The van der Waals surface area contributed by atoms with Crippen molar-refractivity contribution in [2.75, 3.05) is 18.3 Å². The zero-order valence-electron chi connectivity index (χ0n) is 8.73. The monoisotopic (exact) mass is 250 g/mol. The summed E-state index contributed by atoms with van der Waals surface area (Å²) in [7, 11) is -2.12. The van der Waals surface area contributed by atoms with E-state index >= 15 is 0 Å². The smallest absolute Gasteiger partial charge is 0.231 e. The van der Waals surface area contributed by atoms with Gasteiger partial charge in [0, 0.05) is 43.9 Å². The summed E-state index contributed by atoms with van der Waals surface area (Å²) in [5, 5.41) is 2.98. The molecule has 0 aromatic heterocycles. The molecular weight excluding hydrogens is 236 g/mol. The molecule has 15 heavy (non-hydrogen) atoms. The van der Waals surface area contributed by atoms with Gasteiger partial charge in [-0.3, -0.25) is 8.42 Å². The van der Waals surface area contributed by atoms with Gasteiger partial charge in [-0.15, -0.1) is 0 Å². The Hall–Kier alpha value is -0.620. The van der Waals surface area contributed by atoms with Crippen LogP contribution >= 0.6 is 0 Å². The van der Waals surface area contributed by atoms with Gasteiger partial charge in [0.15, 0.2) is 11.5 Å². The Labute approximate surface area is 94.2 Å². The van der Waals surface area contributed by atoms with E-state index in [0.29, 0.717) is 23.0 Å². The molecule has 1 rings (SSSR count). The molecule has 1 saturated heterocycles. The van der Waals surface area contributed by atoms with E-state index in [-0.39, 0.29) is 6.79 Å². The fourth-order valence-corrected chi connectivity index (χ4v) is 2.07. The van der Waals surface area contributed by atoms with Gasteiger partial charge in [-0.1, -0.05) is 13.8 Å². The van der Waals surface area contributed by atoms with E-state index in [1.807, 2.05) is 13.8 Å². The molecular formula is C9H14O4S2. The van der Waals surface area contributed by atoms with Crippen molar-refractivity contribution < 1.29 is 17.9 Å². The van der Waals surface area contributed by atoms with Gasteiger partial charge in [0.1, 0.15) is 0 Å². The Morgan fingerprint density at radius 2 is 1.47 bits per heavy atom. The first kappa shape index (κ1) is 12.4. The third-order valence-corrected chi connectivity index (χ3v) is 3.81. The third kappa shape index (κ3) is 3.79. The maximum absolute atomic E-state index is 11.3. The second-order valence-electron chi connectivity index (χ2n) is 2.71. The molecule has 2 atom stereocenters. The first-order valence-corrected chi connectivity index (χ1v) is 7.37. The van der Waals surface area contributed by atoms with E-state index in [9.17, 15) is 8.42 Å². The normalized spacial score (nSPS) is 24.9. The Bertz CT molecular complexity index is 301. The van der Waals surface area contributed by atoms with Gasteiger partial charge in [-0.05, 0) is 0 Å². The molecule has 86 valence electrons. The van der Waals surface area contributed by atoms with Crippen molar-refractivity contribution in [1.82, 2.24) is 0 Å². The van der Waals surface area contributed by atoms with E-state index in [1.54, 1.807) is 0 Å². The summed E-state index contributed by atoms with van der Waals surface area (Å²) in [5.41, 5.74) is 0. The zero-order valence-corrected chi connectivity index (χ0v) is 10.4. The van der Waals surface area contributed by atoms with Crippen LogP contribution in [-0.4, -0.2) is 26.7 Å². The Morgan fingerprint density at radius 1 is 1.07 bits per heavy atom. The lowest BCUT2D eigenvalue weighted by atomic mass is 10.5. The predicted molar refractivity (Wildman–Crippen MR) is 60.6 cm³/mol. The van der Waals surface area contributed by atoms with E-state index in [0.717, 1.165) is 0 Å². The maximum Gasteiger partial charge on any atom is 0.231 e. The number of hydrogen-bond acceptors (Lipinski definition) is 4. The lowest BCUT2D eigenvalue weighted by Crippen LogP contribution is -1.94. The summed E-state index contributed by atoms with van der Waals surface area (Å²) in [4.78, 5) is 0. The first-order valence-electron chi connectivity index (χ1n) is 4.61. The average Bonchev–Trinajstić information content (AvgIpc) is 2.65. The van der Waals surface area contributed by atoms with E-state index in [4.69, 9.17) is 9.47 Å². The average molecular weight is 250 g/mol. The Kier molecular flexibility index (Phi) is 5.04. The molecule has 0 aromatic carbocycles. The molecule has 1 fully saturated rings. The molecule has 6 heteroatoms. The SMILES string of the molecule is CCS(=O)C=C1OCOC1=CS(=O)CC. The fourth-order valence-electron chi connectivity index (χ4n) is 0.888. The molecule has 0 saturated carbocycles. The van der Waals surface area contributed by atoms with Crippen LogP contribution in [0.3, 0.4) is 0 Å². The van der Waals surface area contributed by atoms with Gasteiger partial charge in [-0.2, -0.15) is 0 Å². The van der Waals surface area contributed by atoms with Crippen LogP contribution in [0.2, 0.25) is 0 Å². The van der Waals surface area contributed by atoms with E-state index < -0.39 is 21.6 Å². The number of rotatable bonds is 4. The Balaban J connectivity index is 2.81. The molecule has 0 bridgehead atoms. The molecule has 0 aromatic rings. The van der Waals surface area contributed by atoms with Crippen molar-refractivity contribution in [2.24, 2.45) is 0 Å². The lowest BCUT2D eigenvalue weighted by molar-refractivity contribution is 0.0980. The van der Waals surface area contributed by atoms with Crippen LogP contribution in [-0.2, 0) is 31.1 Å². The van der Waals surface area contributed by atoms with Crippen LogP contribution in [0.15, 0.2) is 22.3 Å². The quantitative estimate of drug-likeness (QED) is 0.752. The van der Waals surface area contributed by atoms with Crippen molar-refractivity contribution in [3.63, 3.8) is 0 Å². The van der Waals surface area contributed by atoms with E-state index in [1.165, 1.54) is 10.8 Å². The van der Waals surface area contributed by atoms with Crippen LogP contribution in [0.5, 0.6) is 0 Å². The summed E-state index contributed by atoms with van der Waals surface area (Å²) in [6.07, 6.45) is 0. The second kappa shape index (κ2) is 6.07. The van der Waals surface area contributed by atoms with Gasteiger partial charge < -0.3 is 9.47 Å². The molecule has 1 heterocycles. The van der Waals surface area contributed by atoms with Gasteiger partial charge >= 0.3 is 0 Å². The molecule has 0 radical (unpaired) electrons. The fraction of sp³-hybridized carbons (Fsp3) is 0.556. The van der Waals surface area contributed by atoms with Crippen LogP contribution in [0, 0.1) is 0 Å².